The molecule has 2 nitrogen and oxygen atoms in total. The minimum Gasteiger partial charge on any atom is -0.507 e. The molecule has 0 atom stereocenters. The summed E-state index contributed by atoms with van der Waals surface area (Å²) in [5.41, 5.74) is 2.78. The van der Waals surface area contributed by atoms with E-state index in [1.807, 2.05) is 76.6 Å². The number of phenolic OH excluding ortho intramolecular Hbond substituents is 1. The Hall–Kier alpha value is -1.87. The summed E-state index contributed by atoms with van der Waals surface area (Å²) in [4.78, 5) is 12.6. The standard InChI is InChI=1S/C21H26O2S/c1-20(2,3)16-11-15(12-17(19(16)23)21(4,5)6)18(22)8-7-14-9-10-24-13-14/h7-13,23H,1-6H3/b8-7+. The normalized spacial score (nSPS) is 12.8. The first-order valence-electron chi connectivity index (χ1n) is 8.13. The van der Waals surface area contributed by atoms with Crippen LogP contribution in [0.3, 0.4) is 0 Å². The molecule has 1 heterocycles. The van der Waals surface area contributed by atoms with Crippen LogP contribution in [0.15, 0.2) is 35.0 Å². The number of rotatable bonds is 3. The Kier molecular flexibility index (Phi) is 5.05. The minimum absolute atomic E-state index is 0.0443. The fourth-order valence-electron chi connectivity index (χ4n) is 2.56. The van der Waals surface area contributed by atoms with Crippen LogP contribution in [0.1, 0.15) is 68.6 Å². The van der Waals surface area contributed by atoms with Crippen LogP contribution in [-0.2, 0) is 10.8 Å². The predicted octanol–water partition coefficient (Wildman–Crippen LogP) is 5.94. The maximum atomic E-state index is 12.6. The van der Waals surface area contributed by atoms with Gasteiger partial charge in [0.1, 0.15) is 5.75 Å². The summed E-state index contributed by atoms with van der Waals surface area (Å²) < 4.78 is 0. The zero-order chi connectivity index (χ0) is 18.1. The Morgan fingerprint density at radius 3 is 2.00 bits per heavy atom. The van der Waals surface area contributed by atoms with Crippen LogP contribution < -0.4 is 0 Å². The molecule has 0 spiro atoms. The van der Waals surface area contributed by atoms with Crippen molar-refractivity contribution in [3.05, 3.63) is 57.3 Å². The second-order valence-corrected chi connectivity index (χ2v) is 8.95. The molecular formula is C21H26O2S. The fraction of sp³-hybridized carbons (Fsp3) is 0.381. The van der Waals surface area contributed by atoms with Gasteiger partial charge in [-0.15, -0.1) is 0 Å². The van der Waals surface area contributed by atoms with Gasteiger partial charge >= 0.3 is 0 Å². The largest absolute Gasteiger partial charge is 0.507 e. The smallest absolute Gasteiger partial charge is 0.185 e. The average molecular weight is 343 g/mol. The lowest BCUT2D eigenvalue weighted by Gasteiger charge is -2.27. The SMILES string of the molecule is CC(C)(C)c1cc(C(=O)/C=C/c2ccsc2)cc(C(C)(C)C)c1O. The highest BCUT2D eigenvalue weighted by Crippen LogP contribution is 2.39. The molecule has 2 rings (SSSR count). The lowest BCUT2D eigenvalue weighted by molar-refractivity contribution is 0.104. The maximum Gasteiger partial charge on any atom is 0.185 e. The monoisotopic (exact) mass is 342 g/mol. The first-order chi connectivity index (χ1) is 11.0. The molecule has 3 heteroatoms. The van der Waals surface area contributed by atoms with E-state index in [9.17, 15) is 9.90 Å². The zero-order valence-electron chi connectivity index (χ0n) is 15.3. The van der Waals surface area contributed by atoms with Crippen LogP contribution in [0.25, 0.3) is 6.08 Å². The predicted molar refractivity (Wildman–Crippen MR) is 103 cm³/mol. The van der Waals surface area contributed by atoms with Crippen molar-refractivity contribution in [3.63, 3.8) is 0 Å². The van der Waals surface area contributed by atoms with Gasteiger partial charge in [0.15, 0.2) is 5.78 Å². The van der Waals surface area contributed by atoms with E-state index in [0.717, 1.165) is 16.7 Å². The van der Waals surface area contributed by atoms with Gasteiger partial charge in [0.25, 0.3) is 0 Å². The van der Waals surface area contributed by atoms with E-state index >= 15 is 0 Å². The molecule has 1 N–H and O–H groups in total. The second kappa shape index (κ2) is 6.56. The van der Waals surface area contributed by atoms with Crippen molar-refractivity contribution >= 4 is 23.2 Å². The summed E-state index contributed by atoms with van der Waals surface area (Å²) >= 11 is 1.61. The molecule has 0 saturated carbocycles. The van der Waals surface area contributed by atoms with E-state index in [2.05, 4.69) is 0 Å². The van der Waals surface area contributed by atoms with Gasteiger partial charge in [-0.2, -0.15) is 11.3 Å². The van der Waals surface area contributed by atoms with Gasteiger partial charge in [-0.05, 0) is 51.4 Å². The van der Waals surface area contributed by atoms with Crippen molar-refractivity contribution in [1.82, 2.24) is 0 Å². The molecule has 1 aromatic heterocycles. The number of benzene rings is 1. The highest BCUT2D eigenvalue weighted by Gasteiger charge is 2.27. The molecule has 0 amide bonds. The number of hydrogen-bond acceptors (Lipinski definition) is 3. The minimum atomic E-state index is -0.239. The third-order valence-corrected chi connectivity index (χ3v) is 4.68. The Labute approximate surface area is 148 Å². The summed E-state index contributed by atoms with van der Waals surface area (Å²) in [7, 11) is 0. The summed E-state index contributed by atoms with van der Waals surface area (Å²) in [6, 6.07) is 5.63. The van der Waals surface area contributed by atoms with Crippen molar-refractivity contribution in [3.8, 4) is 5.75 Å². The summed E-state index contributed by atoms with van der Waals surface area (Å²) in [6.07, 6.45) is 3.44. The lowest BCUT2D eigenvalue weighted by Crippen LogP contribution is -2.18. The maximum absolute atomic E-state index is 12.6. The second-order valence-electron chi connectivity index (χ2n) is 8.17. The number of hydrogen-bond donors (Lipinski definition) is 1. The van der Waals surface area contributed by atoms with Crippen LogP contribution in [0.5, 0.6) is 5.75 Å². The first-order valence-corrected chi connectivity index (χ1v) is 9.07. The number of phenols is 1. The molecule has 0 unspecified atom stereocenters. The Bertz CT molecular complexity index is 719. The third kappa shape index (κ3) is 4.15. The zero-order valence-corrected chi connectivity index (χ0v) is 16.1. The van der Waals surface area contributed by atoms with Crippen LogP contribution in [0.4, 0.5) is 0 Å². The Morgan fingerprint density at radius 1 is 1.04 bits per heavy atom. The quantitative estimate of drug-likeness (QED) is 0.553. The van der Waals surface area contributed by atoms with Gasteiger partial charge in [0.05, 0.1) is 0 Å². The van der Waals surface area contributed by atoms with E-state index in [-0.39, 0.29) is 16.6 Å². The van der Waals surface area contributed by atoms with Crippen molar-refractivity contribution in [2.45, 2.75) is 52.4 Å². The highest BCUT2D eigenvalue weighted by molar-refractivity contribution is 7.08. The number of carbonyl (C=O) groups is 1. The Morgan fingerprint density at radius 2 is 1.58 bits per heavy atom. The molecule has 0 fully saturated rings. The molecular weight excluding hydrogens is 316 g/mol. The molecule has 0 saturated heterocycles. The van der Waals surface area contributed by atoms with Gasteiger partial charge in [0.2, 0.25) is 0 Å². The molecule has 0 radical (unpaired) electrons. The number of allylic oxidation sites excluding steroid dienone is 1. The summed E-state index contributed by atoms with van der Waals surface area (Å²) in [6.45, 7) is 12.3. The topological polar surface area (TPSA) is 37.3 Å². The van der Waals surface area contributed by atoms with Gasteiger partial charge in [-0.3, -0.25) is 4.79 Å². The number of ketones is 1. The molecule has 1 aromatic carbocycles. The molecule has 0 aliphatic rings. The number of thiophene rings is 1. The van der Waals surface area contributed by atoms with E-state index in [0.29, 0.717) is 11.3 Å². The lowest BCUT2D eigenvalue weighted by atomic mass is 9.78. The van der Waals surface area contributed by atoms with Crippen molar-refractivity contribution in [1.29, 1.82) is 0 Å². The number of carbonyl (C=O) groups excluding carboxylic acids is 1. The molecule has 24 heavy (non-hydrogen) atoms. The van der Waals surface area contributed by atoms with Crippen LogP contribution in [0.2, 0.25) is 0 Å². The van der Waals surface area contributed by atoms with Crippen molar-refractivity contribution in [2.24, 2.45) is 0 Å². The number of aromatic hydroxyl groups is 1. The molecule has 0 aliphatic carbocycles. The summed E-state index contributed by atoms with van der Waals surface area (Å²) in [5, 5.41) is 14.7. The van der Waals surface area contributed by atoms with E-state index in [1.54, 1.807) is 17.4 Å². The first kappa shape index (κ1) is 18.5. The Balaban J connectivity index is 2.52. The van der Waals surface area contributed by atoms with E-state index < -0.39 is 0 Å². The van der Waals surface area contributed by atoms with Gasteiger partial charge in [0, 0.05) is 16.7 Å². The molecule has 0 aliphatic heterocycles. The third-order valence-electron chi connectivity index (χ3n) is 3.98. The van der Waals surface area contributed by atoms with Gasteiger partial charge < -0.3 is 5.11 Å². The molecule has 0 bridgehead atoms. The molecule has 128 valence electrons. The average Bonchev–Trinajstić information content (AvgIpc) is 2.95. The summed E-state index contributed by atoms with van der Waals surface area (Å²) in [5.74, 6) is 0.255. The fourth-order valence-corrected chi connectivity index (χ4v) is 3.19. The van der Waals surface area contributed by atoms with Gasteiger partial charge in [-0.25, -0.2) is 0 Å². The van der Waals surface area contributed by atoms with Crippen LogP contribution >= 0.6 is 11.3 Å². The van der Waals surface area contributed by atoms with Crippen LogP contribution in [0, 0.1) is 0 Å². The van der Waals surface area contributed by atoms with Crippen molar-refractivity contribution in [2.75, 3.05) is 0 Å². The van der Waals surface area contributed by atoms with Crippen LogP contribution in [-0.4, -0.2) is 10.9 Å². The molecule has 2 aromatic rings. The van der Waals surface area contributed by atoms with Gasteiger partial charge in [-0.1, -0.05) is 47.6 Å². The van der Waals surface area contributed by atoms with E-state index in [4.69, 9.17) is 0 Å². The van der Waals surface area contributed by atoms with E-state index in [1.165, 1.54) is 0 Å². The van der Waals surface area contributed by atoms with Crippen molar-refractivity contribution < 1.29 is 9.90 Å². The highest BCUT2D eigenvalue weighted by atomic mass is 32.1.